The maximum absolute atomic E-state index is 13.7. The molecule has 1 aromatic carbocycles. The van der Waals surface area contributed by atoms with Gasteiger partial charge in [-0.05, 0) is 30.0 Å². The van der Waals surface area contributed by atoms with Crippen molar-refractivity contribution in [1.29, 1.82) is 0 Å². The van der Waals surface area contributed by atoms with Gasteiger partial charge in [0.25, 0.3) is 5.91 Å². The Kier molecular flexibility index (Phi) is 7.75. The minimum atomic E-state index is -4.62. The number of hydrogen-bond donors (Lipinski definition) is 1. The van der Waals surface area contributed by atoms with E-state index in [1.54, 1.807) is 16.8 Å². The maximum Gasteiger partial charge on any atom is 0.435 e. The number of hydrogen-bond acceptors (Lipinski definition) is 4. The SMILES string of the molecule is C=CCn1cc(-c2cnc3c(Cc4ccc(C(=O)NCCCC)c(CC)c4)nccn23)c(C(F)(F)F)n1. The van der Waals surface area contributed by atoms with Crippen LogP contribution >= 0.6 is 0 Å². The van der Waals surface area contributed by atoms with E-state index in [1.165, 1.54) is 23.2 Å². The van der Waals surface area contributed by atoms with Crippen molar-refractivity contribution in [2.75, 3.05) is 6.54 Å². The highest BCUT2D eigenvalue weighted by Gasteiger charge is 2.38. The number of carbonyl (C=O) groups excluding carboxylic acids is 1. The Balaban J connectivity index is 1.67. The summed E-state index contributed by atoms with van der Waals surface area (Å²) in [4.78, 5) is 21.5. The van der Waals surface area contributed by atoms with Crippen LogP contribution in [-0.4, -0.2) is 36.6 Å². The Hall–Kier alpha value is -3.95. The highest BCUT2D eigenvalue weighted by atomic mass is 19.4. The Bertz CT molecular complexity index is 1420. The van der Waals surface area contributed by atoms with E-state index in [0.29, 0.717) is 36.3 Å². The molecule has 0 aliphatic rings. The van der Waals surface area contributed by atoms with Crippen molar-refractivity contribution in [1.82, 2.24) is 29.5 Å². The topological polar surface area (TPSA) is 77.1 Å². The lowest BCUT2D eigenvalue weighted by Crippen LogP contribution is -2.25. The molecule has 0 saturated heterocycles. The van der Waals surface area contributed by atoms with Gasteiger partial charge in [0.05, 0.1) is 29.7 Å². The second-order valence-corrected chi connectivity index (χ2v) is 8.74. The van der Waals surface area contributed by atoms with E-state index in [2.05, 4.69) is 33.9 Å². The molecule has 0 radical (unpaired) electrons. The average molecular weight is 511 g/mol. The van der Waals surface area contributed by atoms with E-state index in [4.69, 9.17) is 0 Å². The summed E-state index contributed by atoms with van der Waals surface area (Å²) >= 11 is 0. The van der Waals surface area contributed by atoms with Gasteiger partial charge in [-0.15, -0.1) is 6.58 Å². The van der Waals surface area contributed by atoms with Crippen molar-refractivity contribution in [2.45, 2.75) is 52.3 Å². The van der Waals surface area contributed by atoms with Crippen molar-refractivity contribution >= 4 is 11.6 Å². The fraction of sp³-hybridized carbons (Fsp3) is 0.333. The zero-order valence-corrected chi connectivity index (χ0v) is 20.8. The number of nitrogens with zero attached hydrogens (tertiary/aromatic N) is 5. The number of rotatable bonds is 10. The minimum Gasteiger partial charge on any atom is -0.352 e. The molecule has 7 nitrogen and oxygen atoms in total. The number of carbonyl (C=O) groups is 1. The molecule has 194 valence electrons. The normalized spacial score (nSPS) is 11.7. The van der Waals surface area contributed by atoms with Gasteiger partial charge in [-0.25, -0.2) is 4.98 Å². The van der Waals surface area contributed by atoms with Crippen LogP contribution in [0.2, 0.25) is 0 Å². The minimum absolute atomic E-state index is 0.0642. The summed E-state index contributed by atoms with van der Waals surface area (Å²) < 4.78 is 44.0. The molecule has 3 aromatic heterocycles. The molecular formula is C27H29F3N6O. The first-order valence-electron chi connectivity index (χ1n) is 12.2. The highest BCUT2D eigenvalue weighted by molar-refractivity contribution is 5.95. The van der Waals surface area contributed by atoms with E-state index in [9.17, 15) is 18.0 Å². The van der Waals surface area contributed by atoms with Gasteiger partial charge in [0.15, 0.2) is 11.3 Å². The predicted molar refractivity (Wildman–Crippen MR) is 135 cm³/mol. The van der Waals surface area contributed by atoms with Crippen molar-refractivity contribution in [3.8, 4) is 11.3 Å². The van der Waals surface area contributed by atoms with Crippen molar-refractivity contribution in [2.24, 2.45) is 0 Å². The Labute approximate surface area is 213 Å². The molecule has 3 heterocycles. The molecule has 10 heteroatoms. The van der Waals surface area contributed by atoms with E-state index in [0.717, 1.165) is 24.0 Å². The molecule has 0 spiro atoms. The second-order valence-electron chi connectivity index (χ2n) is 8.74. The number of amides is 1. The second kappa shape index (κ2) is 11.0. The van der Waals surface area contributed by atoms with Crippen molar-refractivity contribution in [3.63, 3.8) is 0 Å². The number of alkyl halides is 3. The van der Waals surface area contributed by atoms with Gasteiger partial charge in [-0.1, -0.05) is 38.5 Å². The van der Waals surface area contributed by atoms with Crippen LogP contribution in [0.3, 0.4) is 0 Å². The zero-order valence-electron chi connectivity index (χ0n) is 20.8. The van der Waals surface area contributed by atoms with Gasteiger partial charge >= 0.3 is 6.18 Å². The monoisotopic (exact) mass is 510 g/mol. The Morgan fingerprint density at radius 2 is 2.03 bits per heavy atom. The van der Waals surface area contributed by atoms with Gasteiger partial charge in [0, 0.05) is 37.1 Å². The summed E-state index contributed by atoms with van der Waals surface area (Å²) in [5.74, 6) is -0.0903. The molecular weight excluding hydrogens is 481 g/mol. The molecule has 1 amide bonds. The quantitative estimate of drug-likeness (QED) is 0.226. The summed E-state index contributed by atoms with van der Waals surface area (Å²) in [6.07, 6.45) is 5.78. The fourth-order valence-corrected chi connectivity index (χ4v) is 4.28. The lowest BCUT2D eigenvalue weighted by Gasteiger charge is -2.11. The van der Waals surface area contributed by atoms with Crippen LogP contribution < -0.4 is 5.32 Å². The molecule has 0 bridgehead atoms. The Morgan fingerprint density at radius 1 is 1.22 bits per heavy atom. The third-order valence-electron chi connectivity index (χ3n) is 6.11. The van der Waals surface area contributed by atoms with Gasteiger partial charge in [-0.3, -0.25) is 18.9 Å². The van der Waals surface area contributed by atoms with Crippen LogP contribution in [0.15, 0.2) is 55.6 Å². The lowest BCUT2D eigenvalue weighted by molar-refractivity contribution is -0.141. The number of benzene rings is 1. The fourth-order valence-electron chi connectivity index (χ4n) is 4.28. The first kappa shape index (κ1) is 26.1. The number of aryl methyl sites for hydroxylation is 1. The van der Waals surface area contributed by atoms with Crippen molar-refractivity contribution < 1.29 is 18.0 Å². The van der Waals surface area contributed by atoms with E-state index >= 15 is 0 Å². The summed E-state index contributed by atoms with van der Waals surface area (Å²) in [5, 5.41) is 6.67. The van der Waals surface area contributed by atoms with Crippen LogP contribution in [0.1, 0.15) is 59.6 Å². The molecule has 37 heavy (non-hydrogen) atoms. The summed E-state index contributed by atoms with van der Waals surface area (Å²) in [6.45, 7) is 8.43. The van der Waals surface area contributed by atoms with E-state index < -0.39 is 11.9 Å². The zero-order chi connectivity index (χ0) is 26.6. The molecule has 0 aliphatic heterocycles. The summed E-state index contributed by atoms with van der Waals surface area (Å²) in [6, 6.07) is 5.67. The third kappa shape index (κ3) is 5.58. The molecule has 0 aliphatic carbocycles. The number of aromatic nitrogens is 5. The molecule has 0 saturated carbocycles. The van der Waals surface area contributed by atoms with Crippen molar-refractivity contribution in [3.05, 3.63) is 83.7 Å². The molecule has 0 fully saturated rings. The largest absolute Gasteiger partial charge is 0.435 e. The lowest BCUT2D eigenvalue weighted by atomic mass is 9.99. The average Bonchev–Trinajstić information content (AvgIpc) is 3.49. The van der Waals surface area contributed by atoms with Gasteiger partial charge in [-0.2, -0.15) is 18.3 Å². The number of fused-ring (bicyclic) bond motifs is 1. The molecule has 0 atom stereocenters. The third-order valence-corrected chi connectivity index (χ3v) is 6.11. The van der Waals surface area contributed by atoms with Crippen LogP contribution in [-0.2, 0) is 25.6 Å². The van der Waals surface area contributed by atoms with Crippen LogP contribution in [0.5, 0.6) is 0 Å². The smallest absolute Gasteiger partial charge is 0.352 e. The van der Waals surface area contributed by atoms with E-state index in [1.807, 2.05) is 25.1 Å². The summed E-state index contributed by atoms with van der Waals surface area (Å²) in [5.41, 5.74) is 2.81. The van der Waals surface area contributed by atoms with E-state index in [-0.39, 0.29) is 23.7 Å². The first-order valence-corrected chi connectivity index (χ1v) is 12.2. The first-order chi connectivity index (χ1) is 17.8. The van der Waals surface area contributed by atoms with Gasteiger partial charge < -0.3 is 5.32 Å². The van der Waals surface area contributed by atoms with Gasteiger partial charge in [0.1, 0.15) is 0 Å². The summed E-state index contributed by atoms with van der Waals surface area (Å²) in [7, 11) is 0. The number of imidazole rings is 1. The molecule has 4 rings (SSSR count). The number of unbranched alkanes of at least 4 members (excludes halogenated alkanes) is 1. The number of nitrogens with one attached hydrogen (secondary N) is 1. The molecule has 1 N–H and O–H groups in total. The Morgan fingerprint density at radius 3 is 2.73 bits per heavy atom. The maximum atomic E-state index is 13.7. The van der Waals surface area contributed by atoms with Crippen LogP contribution in [0.4, 0.5) is 13.2 Å². The van der Waals surface area contributed by atoms with Gasteiger partial charge in [0.2, 0.25) is 0 Å². The molecule has 0 unspecified atom stereocenters. The van der Waals surface area contributed by atoms with Crippen LogP contribution in [0, 0.1) is 0 Å². The van der Waals surface area contributed by atoms with Crippen LogP contribution in [0.25, 0.3) is 16.9 Å². The predicted octanol–water partition coefficient (Wildman–Crippen LogP) is 5.48. The highest BCUT2D eigenvalue weighted by Crippen LogP contribution is 2.36. The number of allylic oxidation sites excluding steroid dienone is 1. The standard InChI is InChI=1S/C27H29F3N6O/c1-4-7-10-32-26(37)20-9-8-18(14-19(20)6-3)15-22-25-33-16-23(36(25)13-11-31-22)21-17-35(12-5-2)34-24(21)27(28,29)30/h5,8-9,11,13-14,16-17H,2,4,6-7,10,12,15H2,1,3H3,(H,32,37). The molecule has 4 aromatic rings. The number of halogens is 3.